The molecular formula is C18H30N2O. The van der Waals surface area contributed by atoms with Gasteiger partial charge >= 0.3 is 0 Å². The van der Waals surface area contributed by atoms with Gasteiger partial charge in [0.05, 0.1) is 7.11 Å². The lowest BCUT2D eigenvalue weighted by Gasteiger charge is -2.32. The SMILES string of the molecule is CCC1CCN(CCc2ccc(OC)cc2)CC(C)CN1. The van der Waals surface area contributed by atoms with E-state index in [1.54, 1.807) is 7.11 Å². The highest BCUT2D eigenvalue weighted by Crippen LogP contribution is 2.13. The Morgan fingerprint density at radius 1 is 1.29 bits per heavy atom. The van der Waals surface area contributed by atoms with E-state index >= 15 is 0 Å². The molecule has 1 N–H and O–H groups in total. The van der Waals surface area contributed by atoms with Gasteiger partial charge in [0.1, 0.15) is 5.75 Å². The minimum absolute atomic E-state index is 0.691. The molecule has 2 rings (SSSR count). The average molecular weight is 290 g/mol. The van der Waals surface area contributed by atoms with Gasteiger partial charge in [0.25, 0.3) is 0 Å². The number of benzene rings is 1. The molecule has 0 saturated carbocycles. The minimum atomic E-state index is 0.691. The van der Waals surface area contributed by atoms with Crippen LogP contribution in [0.5, 0.6) is 5.75 Å². The van der Waals surface area contributed by atoms with Crippen LogP contribution in [0.25, 0.3) is 0 Å². The zero-order valence-corrected chi connectivity index (χ0v) is 13.8. The topological polar surface area (TPSA) is 24.5 Å². The van der Waals surface area contributed by atoms with Crippen LogP contribution in [0.15, 0.2) is 24.3 Å². The van der Waals surface area contributed by atoms with Crippen LogP contribution in [0.1, 0.15) is 32.3 Å². The normalized spacial score (nSPS) is 24.3. The third-order valence-corrected chi connectivity index (χ3v) is 4.49. The van der Waals surface area contributed by atoms with Crippen LogP contribution in [0.2, 0.25) is 0 Å². The van der Waals surface area contributed by atoms with Gasteiger partial charge in [0, 0.05) is 19.1 Å². The van der Waals surface area contributed by atoms with Crippen molar-refractivity contribution in [2.24, 2.45) is 5.92 Å². The second kappa shape index (κ2) is 8.40. The van der Waals surface area contributed by atoms with Gasteiger partial charge in [-0.1, -0.05) is 26.0 Å². The molecule has 1 heterocycles. The number of methoxy groups -OCH3 is 1. The summed E-state index contributed by atoms with van der Waals surface area (Å²) < 4.78 is 5.21. The summed E-state index contributed by atoms with van der Waals surface area (Å²) in [6.07, 6.45) is 3.63. The maximum Gasteiger partial charge on any atom is 0.118 e. The molecule has 0 aromatic heterocycles. The Morgan fingerprint density at radius 3 is 2.71 bits per heavy atom. The Kier molecular flexibility index (Phi) is 6.52. The van der Waals surface area contributed by atoms with E-state index in [9.17, 15) is 0 Å². The second-order valence-electron chi connectivity index (χ2n) is 6.31. The number of ether oxygens (including phenoxy) is 1. The molecule has 3 heteroatoms. The van der Waals surface area contributed by atoms with Crippen molar-refractivity contribution >= 4 is 0 Å². The van der Waals surface area contributed by atoms with E-state index in [4.69, 9.17) is 4.74 Å². The van der Waals surface area contributed by atoms with E-state index in [-0.39, 0.29) is 0 Å². The van der Waals surface area contributed by atoms with Crippen molar-refractivity contribution in [1.29, 1.82) is 0 Å². The summed E-state index contributed by atoms with van der Waals surface area (Å²) in [5.41, 5.74) is 1.40. The summed E-state index contributed by atoms with van der Waals surface area (Å²) in [6.45, 7) is 9.37. The van der Waals surface area contributed by atoms with Gasteiger partial charge in [0.2, 0.25) is 0 Å². The van der Waals surface area contributed by atoms with Gasteiger partial charge in [-0.25, -0.2) is 0 Å². The standard InChI is InChI=1S/C18H30N2O/c1-4-17-10-12-20(14-15(2)13-19-17)11-9-16-5-7-18(21-3)8-6-16/h5-8,15,17,19H,4,9-14H2,1-3H3. The van der Waals surface area contributed by atoms with Crippen molar-refractivity contribution in [2.45, 2.75) is 39.2 Å². The molecule has 21 heavy (non-hydrogen) atoms. The fourth-order valence-electron chi connectivity index (χ4n) is 3.04. The molecule has 0 spiro atoms. The molecule has 0 amide bonds. The number of hydrogen-bond acceptors (Lipinski definition) is 3. The Hall–Kier alpha value is -1.06. The van der Waals surface area contributed by atoms with E-state index in [1.165, 1.54) is 31.5 Å². The van der Waals surface area contributed by atoms with Crippen molar-refractivity contribution < 1.29 is 4.74 Å². The summed E-state index contributed by atoms with van der Waals surface area (Å²) in [6, 6.07) is 9.17. The summed E-state index contributed by atoms with van der Waals surface area (Å²) in [7, 11) is 1.72. The van der Waals surface area contributed by atoms with E-state index in [2.05, 4.69) is 48.3 Å². The average Bonchev–Trinajstić information content (AvgIpc) is 2.50. The summed E-state index contributed by atoms with van der Waals surface area (Å²) in [5, 5.41) is 3.69. The molecule has 0 bridgehead atoms. The van der Waals surface area contributed by atoms with Crippen molar-refractivity contribution in [3.05, 3.63) is 29.8 Å². The fourth-order valence-corrected chi connectivity index (χ4v) is 3.04. The Bertz CT molecular complexity index is 404. The van der Waals surface area contributed by atoms with Crippen LogP contribution in [-0.2, 0) is 6.42 Å². The highest BCUT2D eigenvalue weighted by atomic mass is 16.5. The Labute approximate surface area is 129 Å². The molecule has 1 aromatic carbocycles. The molecular weight excluding hydrogens is 260 g/mol. The van der Waals surface area contributed by atoms with Crippen molar-refractivity contribution in [3.63, 3.8) is 0 Å². The zero-order chi connectivity index (χ0) is 15.1. The lowest BCUT2D eigenvalue weighted by molar-refractivity contribution is 0.199. The van der Waals surface area contributed by atoms with Gasteiger partial charge in [-0.05, 0) is 56.0 Å². The predicted octanol–water partition coefficient (Wildman–Crippen LogP) is 2.95. The molecule has 0 aliphatic carbocycles. The smallest absolute Gasteiger partial charge is 0.118 e. The van der Waals surface area contributed by atoms with E-state index in [1.807, 2.05) is 0 Å². The lowest BCUT2D eigenvalue weighted by atomic mass is 10.0. The van der Waals surface area contributed by atoms with Crippen LogP contribution >= 0.6 is 0 Å². The largest absolute Gasteiger partial charge is 0.497 e. The summed E-state index contributed by atoms with van der Waals surface area (Å²) in [5.74, 6) is 1.67. The van der Waals surface area contributed by atoms with Gasteiger partial charge in [-0.2, -0.15) is 0 Å². The number of rotatable bonds is 5. The van der Waals surface area contributed by atoms with Gasteiger partial charge in [-0.15, -0.1) is 0 Å². The first-order valence-corrected chi connectivity index (χ1v) is 8.30. The molecule has 0 radical (unpaired) electrons. The van der Waals surface area contributed by atoms with Gasteiger partial charge in [0.15, 0.2) is 0 Å². The molecule has 3 nitrogen and oxygen atoms in total. The van der Waals surface area contributed by atoms with Gasteiger partial charge in [-0.3, -0.25) is 0 Å². The Morgan fingerprint density at radius 2 is 2.05 bits per heavy atom. The molecule has 118 valence electrons. The van der Waals surface area contributed by atoms with E-state index in [0.29, 0.717) is 6.04 Å². The first kappa shape index (κ1) is 16.3. The third kappa shape index (κ3) is 5.33. The lowest BCUT2D eigenvalue weighted by Crippen LogP contribution is -2.43. The highest BCUT2D eigenvalue weighted by Gasteiger charge is 2.17. The summed E-state index contributed by atoms with van der Waals surface area (Å²) in [4.78, 5) is 2.64. The number of nitrogens with zero attached hydrogens (tertiary/aromatic N) is 1. The third-order valence-electron chi connectivity index (χ3n) is 4.49. The fraction of sp³-hybridized carbons (Fsp3) is 0.667. The molecule has 2 atom stereocenters. The number of nitrogens with one attached hydrogen (secondary N) is 1. The van der Waals surface area contributed by atoms with Crippen molar-refractivity contribution in [2.75, 3.05) is 33.3 Å². The van der Waals surface area contributed by atoms with Crippen LogP contribution in [0.3, 0.4) is 0 Å². The number of hydrogen-bond donors (Lipinski definition) is 1. The van der Waals surface area contributed by atoms with Crippen LogP contribution in [-0.4, -0.2) is 44.2 Å². The molecule has 1 aromatic rings. The second-order valence-corrected chi connectivity index (χ2v) is 6.31. The van der Waals surface area contributed by atoms with Crippen LogP contribution in [0, 0.1) is 5.92 Å². The van der Waals surface area contributed by atoms with E-state index in [0.717, 1.165) is 31.2 Å². The van der Waals surface area contributed by atoms with Crippen molar-refractivity contribution in [3.8, 4) is 5.75 Å². The molecule has 1 saturated heterocycles. The highest BCUT2D eigenvalue weighted by molar-refractivity contribution is 5.27. The van der Waals surface area contributed by atoms with Gasteiger partial charge < -0.3 is 15.0 Å². The monoisotopic (exact) mass is 290 g/mol. The predicted molar refractivity (Wildman–Crippen MR) is 89.0 cm³/mol. The quantitative estimate of drug-likeness (QED) is 0.902. The minimum Gasteiger partial charge on any atom is -0.497 e. The van der Waals surface area contributed by atoms with Crippen molar-refractivity contribution in [1.82, 2.24) is 10.2 Å². The molecule has 1 fully saturated rings. The van der Waals surface area contributed by atoms with Crippen LogP contribution in [0.4, 0.5) is 0 Å². The zero-order valence-electron chi connectivity index (χ0n) is 13.8. The first-order chi connectivity index (χ1) is 10.2. The van der Waals surface area contributed by atoms with Crippen LogP contribution < -0.4 is 10.1 Å². The molecule has 1 aliphatic rings. The molecule has 2 unspecified atom stereocenters. The maximum atomic E-state index is 5.21. The first-order valence-electron chi connectivity index (χ1n) is 8.30. The van der Waals surface area contributed by atoms with E-state index < -0.39 is 0 Å². The maximum absolute atomic E-state index is 5.21. The molecule has 1 aliphatic heterocycles. The summed E-state index contributed by atoms with van der Waals surface area (Å²) >= 11 is 0. The Balaban J connectivity index is 1.84.